The van der Waals surface area contributed by atoms with E-state index in [-0.39, 0.29) is 31.7 Å². The zero-order valence-electron chi connectivity index (χ0n) is 19.1. The molecule has 1 aliphatic rings. The van der Waals surface area contributed by atoms with Gasteiger partial charge in [-0.05, 0) is 61.8 Å². The van der Waals surface area contributed by atoms with Gasteiger partial charge in [0.1, 0.15) is 17.0 Å². The number of ether oxygens (including phenoxy) is 1. The number of aryl methyl sites for hydroxylation is 1. The first-order valence-corrected chi connectivity index (χ1v) is 11.3. The fourth-order valence-electron chi connectivity index (χ4n) is 3.68. The number of carbonyl (C=O) groups excluding carboxylic acids is 1. The third kappa shape index (κ3) is 6.34. The van der Waals surface area contributed by atoms with Gasteiger partial charge in [0.05, 0.1) is 18.4 Å². The molecule has 1 fully saturated rings. The molecule has 0 bridgehead atoms. The number of hydrogen-bond donors (Lipinski definition) is 2. The Labute approximate surface area is 199 Å². The molecule has 3 aromatic rings. The molecule has 1 amide bonds. The number of aromatic nitrogens is 3. The van der Waals surface area contributed by atoms with Gasteiger partial charge in [-0.2, -0.15) is 18.3 Å². The molecule has 0 radical (unpaired) electrons. The highest BCUT2D eigenvalue weighted by atomic mass is 19.4. The van der Waals surface area contributed by atoms with Gasteiger partial charge in [0.2, 0.25) is 0 Å². The third-order valence-corrected chi connectivity index (χ3v) is 5.83. The van der Waals surface area contributed by atoms with E-state index in [4.69, 9.17) is 4.74 Å². The Balaban J connectivity index is 1.21. The summed E-state index contributed by atoms with van der Waals surface area (Å²) in [6.07, 6.45) is 3.26. The first-order valence-electron chi connectivity index (χ1n) is 11.3. The number of carbonyl (C=O) groups is 1. The summed E-state index contributed by atoms with van der Waals surface area (Å²) in [7, 11) is 0. The van der Waals surface area contributed by atoms with Gasteiger partial charge < -0.3 is 15.2 Å². The quantitative estimate of drug-likeness (QED) is 0.330. The predicted octanol–water partition coefficient (Wildman–Crippen LogP) is 3.89. The highest BCUT2D eigenvalue weighted by Crippen LogP contribution is 2.39. The van der Waals surface area contributed by atoms with Crippen LogP contribution in [-0.2, 0) is 17.3 Å². The van der Waals surface area contributed by atoms with Crippen molar-refractivity contribution in [1.29, 1.82) is 0 Å². The number of rotatable bonds is 10. The molecule has 1 atom stereocenters. The number of amides is 1. The fourth-order valence-corrected chi connectivity index (χ4v) is 3.68. The smallest absolute Gasteiger partial charge is 0.386 e. The maximum atomic E-state index is 13.9. The summed E-state index contributed by atoms with van der Waals surface area (Å²) in [5.41, 5.74) is -0.428. The summed E-state index contributed by atoms with van der Waals surface area (Å²) >= 11 is 0. The van der Waals surface area contributed by atoms with Gasteiger partial charge in [-0.3, -0.25) is 4.79 Å². The van der Waals surface area contributed by atoms with E-state index in [2.05, 4.69) is 15.4 Å². The van der Waals surface area contributed by atoms with E-state index >= 15 is 0 Å². The molecule has 0 spiro atoms. The van der Waals surface area contributed by atoms with Crippen molar-refractivity contribution in [2.24, 2.45) is 0 Å². The van der Waals surface area contributed by atoms with Crippen molar-refractivity contribution in [2.75, 3.05) is 19.8 Å². The number of hydrogen-bond acceptors (Lipinski definition) is 5. The first-order chi connectivity index (χ1) is 16.5. The molecule has 7 nitrogen and oxygen atoms in total. The molecule has 4 rings (SSSR count). The summed E-state index contributed by atoms with van der Waals surface area (Å²) < 4.78 is 58.8. The molecule has 11 heteroatoms. The minimum absolute atomic E-state index is 0.0864. The second-order valence-corrected chi connectivity index (χ2v) is 9.13. The second kappa shape index (κ2) is 9.90. The molecule has 1 unspecified atom stereocenters. The summed E-state index contributed by atoms with van der Waals surface area (Å²) in [4.78, 5) is 16.9. The molecular formula is C24H26F4N4O3. The first kappa shape index (κ1) is 25.1. The van der Waals surface area contributed by atoms with Crippen LogP contribution in [-0.4, -0.2) is 51.0 Å². The van der Waals surface area contributed by atoms with Crippen LogP contribution in [0, 0.1) is 5.82 Å². The van der Waals surface area contributed by atoms with Crippen LogP contribution in [0.15, 0.2) is 36.8 Å². The summed E-state index contributed by atoms with van der Waals surface area (Å²) in [6, 6.07) is 2.44. The summed E-state index contributed by atoms with van der Waals surface area (Å²) in [6.45, 7) is 1.47. The minimum atomic E-state index is -4.59. The normalized spacial score (nSPS) is 15.8. The Kier molecular flexibility index (Phi) is 7.09. The number of fused-ring (bicyclic) bond motifs is 1. The maximum absolute atomic E-state index is 13.9. The molecule has 1 saturated carbocycles. The van der Waals surface area contributed by atoms with Crippen LogP contribution in [0.5, 0.6) is 0 Å². The zero-order chi connectivity index (χ0) is 25.2. The van der Waals surface area contributed by atoms with Crippen LogP contribution in [0.4, 0.5) is 17.6 Å². The van der Waals surface area contributed by atoms with E-state index in [1.54, 1.807) is 10.7 Å². The lowest BCUT2D eigenvalue weighted by atomic mass is 10.1. The van der Waals surface area contributed by atoms with Crippen LogP contribution >= 0.6 is 0 Å². The standard InChI is InChI=1S/C24H26F4N4O3/c1-23(34,14-35-8-2-3-16-6-7-18(9-20(16)25)24(26,27)28)13-30-22(33)19-11-31-32-12-17(15-4-5-15)10-29-21(19)32/h6-7,9-12,15,34H,2-5,8,13-14H2,1H3,(H,30,33). The lowest BCUT2D eigenvalue weighted by Gasteiger charge is -2.23. The van der Waals surface area contributed by atoms with Crippen molar-refractivity contribution < 1.29 is 32.2 Å². The monoisotopic (exact) mass is 494 g/mol. The van der Waals surface area contributed by atoms with Crippen molar-refractivity contribution in [3.8, 4) is 0 Å². The molecule has 1 aromatic carbocycles. The highest BCUT2D eigenvalue weighted by molar-refractivity contribution is 5.99. The van der Waals surface area contributed by atoms with E-state index in [1.807, 2.05) is 6.20 Å². The summed E-state index contributed by atoms with van der Waals surface area (Å²) in [5.74, 6) is -0.831. The number of nitrogens with zero attached hydrogens (tertiary/aromatic N) is 3. The molecule has 188 valence electrons. The van der Waals surface area contributed by atoms with Gasteiger partial charge in [-0.25, -0.2) is 13.9 Å². The lowest BCUT2D eigenvalue weighted by molar-refractivity contribution is -0.137. The molecule has 0 saturated heterocycles. The molecule has 1 aliphatic carbocycles. The largest absolute Gasteiger partial charge is 0.416 e. The molecule has 0 aliphatic heterocycles. The average Bonchev–Trinajstić information content (AvgIpc) is 3.56. The number of halogens is 4. The van der Waals surface area contributed by atoms with E-state index < -0.39 is 29.1 Å². The van der Waals surface area contributed by atoms with Crippen LogP contribution in [0.25, 0.3) is 5.65 Å². The van der Waals surface area contributed by atoms with E-state index in [9.17, 15) is 27.5 Å². The van der Waals surface area contributed by atoms with Crippen LogP contribution in [0.2, 0.25) is 0 Å². The molecule has 2 aromatic heterocycles. The number of alkyl halides is 3. The van der Waals surface area contributed by atoms with Crippen molar-refractivity contribution in [3.63, 3.8) is 0 Å². The van der Waals surface area contributed by atoms with Crippen LogP contribution < -0.4 is 5.32 Å². The molecular weight excluding hydrogens is 468 g/mol. The zero-order valence-corrected chi connectivity index (χ0v) is 19.1. The van der Waals surface area contributed by atoms with Gasteiger partial charge in [-0.15, -0.1) is 0 Å². The van der Waals surface area contributed by atoms with Crippen molar-refractivity contribution in [2.45, 2.75) is 50.3 Å². The number of benzene rings is 1. The summed E-state index contributed by atoms with van der Waals surface area (Å²) in [5, 5.41) is 17.4. The third-order valence-electron chi connectivity index (χ3n) is 5.83. The SMILES string of the molecule is CC(O)(CNC(=O)c1cnn2cc(C3CC3)cnc12)COCCCc1ccc(C(F)(F)F)cc1F. The van der Waals surface area contributed by atoms with Crippen LogP contribution in [0.1, 0.15) is 59.2 Å². The topological polar surface area (TPSA) is 88.8 Å². The molecule has 2 heterocycles. The maximum Gasteiger partial charge on any atom is 0.416 e. The number of aliphatic hydroxyl groups is 1. The van der Waals surface area contributed by atoms with Gasteiger partial charge in [0.25, 0.3) is 5.91 Å². The average molecular weight is 494 g/mol. The van der Waals surface area contributed by atoms with Gasteiger partial charge in [-0.1, -0.05) is 6.07 Å². The van der Waals surface area contributed by atoms with Crippen LogP contribution in [0.3, 0.4) is 0 Å². The molecule has 35 heavy (non-hydrogen) atoms. The van der Waals surface area contributed by atoms with Crippen molar-refractivity contribution in [1.82, 2.24) is 19.9 Å². The Morgan fingerprint density at radius 2 is 2.06 bits per heavy atom. The van der Waals surface area contributed by atoms with E-state index in [0.717, 1.165) is 30.5 Å². The molecule has 2 N–H and O–H groups in total. The second-order valence-electron chi connectivity index (χ2n) is 9.13. The van der Waals surface area contributed by atoms with Crippen molar-refractivity contribution >= 4 is 11.6 Å². The minimum Gasteiger partial charge on any atom is -0.386 e. The van der Waals surface area contributed by atoms with Gasteiger partial charge >= 0.3 is 6.18 Å². The van der Waals surface area contributed by atoms with Crippen molar-refractivity contribution in [3.05, 3.63) is 64.9 Å². The number of nitrogens with one attached hydrogen (secondary N) is 1. The Bertz CT molecular complexity index is 1210. The van der Waals surface area contributed by atoms with E-state index in [0.29, 0.717) is 29.6 Å². The highest BCUT2D eigenvalue weighted by Gasteiger charge is 2.31. The Morgan fingerprint density at radius 1 is 1.29 bits per heavy atom. The lowest BCUT2D eigenvalue weighted by Crippen LogP contribution is -2.44. The van der Waals surface area contributed by atoms with Gasteiger partial charge in [0.15, 0.2) is 5.65 Å². The fraction of sp³-hybridized carbons (Fsp3) is 0.458. The van der Waals surface area contributed by atoms with E-state index in [1.165, 1.54) is 13.1 Å². The Hall–Kier alpha value is -3.05. The predicted molar refractivity (Wildman–Crippen MR) is 118 cm³/mol. The van der Waals surface area contributed by atoms with Gasteiger partial charge in [0, 0.05) is 25.5 Å². The Morgan fingerprint density at radius 3 is 2.74 bits per heavy atom.